The van der Waals surface area contributed by atoms with Crippen LogP contribution in [0, 0.1) is 0 Å². The van der Waals surface area contributed by atoms with E-state index in [0.717, 1.165) is 61.0 Å². The second-order valence-electron chi connectivity index (χ2n) is 7.00. The van der Waals surface area contributed by atoms with E-state index in [9.17, 15) is 4.79 Å². The van der Waals surface area contributed by atoms with E-state index < -0.39 is 0 Å². The zero-order chi connectivity index (χ0) is 19.3. The smallest absolute Gasteiger partial charge is 0.222 e. The maximum atomic E-state index is 12.6. The van der Waals surface area contributed by atoms with Gasteiger partial charge in [0.15, 0.2) is 0 Å². The lowest BCUT2D eigenvalue weighted by atomic mass is 10.2. The number of nitrogens with zero attached hydrogens (tertiary/aromatic N) is 3. The first kappa shape index (κ1) is 18.7. The molecule has 2 heterocycles. The van der Waals surface area contributed by atoms with E-state index in [1.165, 1.54) is 4.70 Å². The molecule has 1 aliphatic rings. The van der Waals surface area contributed by atoms with E-state index in [2.05, 4.69) is 28.1 Å². The molecule has 0 spiro atoms. The van der Waals surface area contributed by atoms with Gasteiger partial charge in [0.2, 0.25) is 5.91 Å². The molecule has 6 heteroatoms. The normalized spacial score (nSPS) is 14.5. The molecule has 0 bridgehead atoms. The summed E-state index contributed by atoms with van der Waals surface area (Å²) in [4.78, 5) is 21.5. The highest BCUT2D eigenvalue weighted by Gasteiger charge is 2.21. The van der Waals surface area contributed by atoms with Crippen molar-refractivity contribution in [2.24, 2.45) is 0 Å². The molecule has 2 aromatic carbocycles. The lowest BCUT2D eigenvalue weighted by Crippen LogP contribution is -2.48. The molecule has 0 saturated carbocycles. The molecule has 0 radical (unpaired) electrons. The van der Waals surface area contributed by atoms with E-state index >= 15 is 0 Å². The molecule has 0 atom stereocenters. The summed E-state index contributed by atoms with van der Waals surface area (Å²) in [6.45, 7) is 3.27. The quantitative estimate of drug-likeness (QED) is 0.633. The van der Waals surface area contributed by atoms with Crippen LogP contribution in [0.1, 0.15) is 17.8 Å². The zero-order valence-electron chi connectivity index (χ0n) is 16.1. The fourth-order valence-corrected chi connectivity index (χ4v) is 4.61. The Morgan fingerprint density at radius 1 is 1.11 bits per heavy atom. The third-order valence-electron chi connectivity index (χ3n) is 5.17. The highest BCUT2D eigenvalue weighted by atomic mass is 32.1. The Morgan fingerprint density at radius 2 is 1.93 bits per heavy atom. The average molecular weight is 396 g/mol. The topological polar surface area (TPSA) is 45.7 Å². The molecule has 1 amide bonds. The number of anilines is 1. The zero-order valence-corrected chi connectivity index (χ0v) is 17.0. The number of fused-ring (bicyclic) bond motifs is 1. The van der Waals surface area contributed by atoms with Crippen LogP contribution in [-0.2, 0) is 11.2 Å². The molecule has 28 heavy (non-hydrogen) atoms. The second kappa shape index (κ2) is 8.61. The molecule has 5 nitrogen and oxygen atoms in total. The van der Waals surface area contributed by atoms with Crippen molar-refractivity contribution in [2.45, 2.75) is 19.3 Å². The summed E-state index contributed by atoms with van der Waals surface area (Å²) in [7, 11) is 1.68. The number of para-hydroxylation sites is 1. The lowest BCUT2D eigenvalue weighted by Gasteiger charge is -2.36. The van der Waals surface area contributed by atoms with E-state index in [1.807, 2.05) is 35.2 Å². The van der Waals surface area contributed by atoms with Crippen LogP contribution < -0.4 is 9.64 Å². The lowest BCUT2D eigenvalue weighted by molar-refractivity contribution is -0.131. The summed E-state index contributed by atoms with van der Waals surface area (Å²) >= 11 is 1.73. The summed E-state index contributed by atoms with van der Waals surface area (Å²) in [5, 5.41) is 1.12. The SMILES string of the molecule is COc1cccc(N2CCN(C(=O)CCCc3nc4ccccc4s3)CC2)c1. The Balaban J connectivity index is 1.24. The van der Waals surface area contributed by atoms with Crippen LogP contribution in [0.2, 0.25) is 0 Å². The first-order valence-corrected chi connectivity index (χ1v) is 10.6. The van der Waals surface area contributed by atoms with Crippen LogP contribution in [0.15, 0.2) is 48.5 Å². The summed E-state index contributed by atoms with van der Waals surface area (Å²) < 4.78 is 6.53. The average Bonchev–Trinajstić information content (AvgIpc) is 3.16. The molecule has 1 fully saturated rings. The number of amides is 1. The van der Waals surface area contributed by atoms with Gasteiger partial charge in [-0.15, -0.1) is 11.3 Å². The number of rotatable bonds is 6. The molecular weight excluding hydrogens is 370 g/mol. The number of hydrogen-bond acceptors (Lipinski definition) is 5. The number of thiazole rings is 1. The van der Waals surface area contributed by atoms with Crippen molar-refractivity contribution in [1.82, 2.24) is 9.88 Å². The molecular formula is C22H25N3O2S. The molecule has 0 aliphatic carbocycles. The van der Waals surface area contributed by atoms with Crippen LogP contribution in [0.25, 0.3) is 10.2 Å². The first-order chi connectivity index (χ1) is 13.7. The van der Waals surface area contributed by atoms with Gasteiger partial charge in [0, 0.05) is 44.4 Å². The third kappa shape index (κ3) is 4.28. The van der Waals surface area contributed by atoms with Crippen molar-refractivity contribution < 1.29 is 9.53 Å². The Bertz CT molecular complexity index is 915. The molecule has 4 rings (SSSR count). The summed E-state index contributed by atoms with van der Waals surface area (Å²) in [6.07, 6.45) is 2.32. The van der Waals surface area contributed by atoms with Gasteiger partial charge in [0.25, 0.3) is 0 Å². The molecule has 1 aromatic heterocycles. The Labute approximate surface area is 169 Å². The predicted molar refractivity (Wildman–Crippen MR) is 114 cm³/mol. The molecule has 146 valence electrons. The third-order valence-corrected chi connectivity index (χ3v) is 6.27. The summed E-state index contributed by atoms with van der Waals surface area (Å²) in [6, 6.07) is 16.3. The summed E-state index contributed by atoms with van der Waals surface area (Å²) in [5.41, 5.74) is 2.21. The van der Waals surface area contributed by atoms with Gasteiger partial charge in [-0.25, -0.2) is 4.98 Å². The number of piperazine rings is 1. The van der Waals surface area contributed by atoms with Crippen molar-refractivity contribution in [1.29, 1.82) is 0 Å². The number of hydrogen-bond donors (Lipinski definition) is 0. The van der Waals surface area contributed by atoms with E-state index in [4.69, 9.17) is 4.74 Å². The van der Waals surface area contributed by atoms with Gasteiger partial charge < -0.3 is 14.5 Å². The van der Waals surface area contributed by atoms with Crippen molar-refractivity contribution in [3.63, 3.8) is 0 Å². The van der Waals surface area contributed by atoms with Crippen molar-refractivity contribution in [3.05, 3.63) is 53.5 Å². The van der Waals surface area contributed by atoms with Gasteiger partial charge >= 0.3 is 0 Å². The monoisotopic (exact) mass is 395 g/mol. The molecule has 3 aromatic rings. The standard InChI is InChI=1S/C22H25N3O2S/c1-27-18-7-4-6-17(16-18)24-12-14-25(15-13-24)22(26)11-5-10-21-23-19-8-2-3-9-20(19)28-21/h2-4,6-9,16H,5,10-15H2,1H3. The number of aryl methyl sites for hydroxylation is 1. The number of methoxy groups -OCH3 is 1. The highest BCUT2D eigenvalue weighted by molar-refractivity contribution is 7.18. The molecule has 0 N–H and O–H groups in total. The summed E-state index contributed by atoms with van der Waals surface area (Å²) in [5.74, 6) is 1.12. The minimum Gasteiger partial charge on any atom is -0.497 e. The fraction of sp³-hybridized carbons (Fsp3) is 0.364. The van der Waals surface area contributed by atoms with Gasteiger partial charge in [0.1, 0.15) is 5.75 Å². The largest absolute Gasteiger partial charge is 0.497 e. The Hall–Kier alpha value is -2.60. The van der Waals surface area contributed by atoms with Crippen LogP contribution >= 0.6 is 11.3 Å². The van der Waals surface area contributed by atoms with Crippen LogP contribution in [0.4, 0.5) is 5.69 Å². The highest BCUT2D eigenvalue weighted by Crippen LogP contribution is 2.24. The number of benzene rings is 2. The molecule has 1 saturated heterocycles. The predicted octanol–water partition coefficient (Wildman–Crippen LogP) is 3.98. The van der Waals surface area contributed by atoms with Crippen molar-refractivity contribution in [3.8, 4) is 5.75 Å². The first-order valence-electron chi connectivity index (χ1n) is 9.74. The number of carbonyl (C=O) groups excluding carboxylic acids is 1. The van der Waals surface area contributed by atoms with Crippen LogP contribution in [-0.4, -0.2) is 49.1 Å². The van der Waals surface area contributed by atoms with Gasteiger partial charge in [-0.2, -0.15) is 0 Å². The van der Waals surface area contributed by atoms with Crippen LogP contribution in [0.5, 0.6) is 5.75 Å². The van der Waals surface area contributed by atoms with Crippen molar-refractivity contribution >= 4 is 33.1 Å². The van der Waals surface area contributed by atoms with Gasteiger partial charge in [-0.05, 0) is 37.1 Å². The van der Waals surface area contributed by atoms with Gasteiger partial charge in [-0.1, -0.05) is 18.2 Å². The Kier molecular flexibility index (Phi) is 5.76. The van der Waals surface area contributed by atoms with E-state index in [0.29, 0.717) is 6.42 Å². The molecule has 0 unspecified atom stereocenters. The second-order valence-corrected chi connectivity index (χ2v) is 8.11. The Morgan fingerprint density at radius 3 is 2.71 bits per heavy atom. The number of ether oxygens (including phenoxy) is 1. The minimum atomic E-state index is 0.256. The minimum absolute atomic E-state index is 0.256. The number of aromatic nitrogens is 1. The van der Waals surface area contributed by atoms with Gasteiger partial charge in [-0.3, -0.25) is 4.79 Å². The van der Waals surface area contributed by atoms with E-state index in [1.54, 1.807) is 18.4 Å². The van der Waals surface area contributed by atoms with E-state index in [-0.39, 0.29) is 5.91 Å². The van der Waals surface area contributed by atoms with Crippen LogP contribution in [0.3, 0.4) is 0 Å². The maximum absolute atomic E-state index is 12.6. The fourth-order valence-electron chi connectivity index (χ4n) is 3.60. The van der Waals surface area contributed by atoms with Gasteiger partial charge in [0.05, 0.1) is 22.3 Å². The van der Waals surface area contributed by atoms with Crippen molar-refractivity contribution in [2.75, 3.05) is 38.2 Å². The number of carbonyl (C=O) groups is 1. The molecule has 1 aliphatic heterocycles. The maximum Gasteiger partial charge on any atom is 0.222 e.